The van der Waals surface area contributed by atoms with Gasteiger partial charge in [-0.15, -0.1) is 0 Å². The van der Waals surface area contributed by atoms with Gasteiger partial charge in [0.05, 0.1) is 4.47 Å². The zero-order valence-corrected chi connectivity index (χ0v) is 14.8. The first-order valence-corrected chi connectivity index (χ1v) is 8.70. The molecule has 0 saturated carbocycles. The van der Waals surface area contributed by atoms with E-state index < -0.39 is 0 Å². The van der Waals surface area contributed by atoms with E-state index in [0.717, 1.165) is 26.1 Å². The Morgan fingerprint density at radius 2 is 2.19 bits per heavy atom. The van der Waals surface area contributed by atoms with Gasteiger partial charge >= 0.3 is 0 Å². The summed E-state index contributed by atoms with van der Waals surface area (Å²) in [6.45, 7) is 9.77. The van der Waals surface area contributed by atoms with Crippen LogP contribution in [0.5, 0.6) is 0 Å². The lowest BCUT2D eigenvalue weighted by Gasteiger charge is -2.48. The molecule has 1 saturated heterocycles. The van der Waals surface area contributed by atoms with Crippen LogP contribution >= 0.6 is 15.9 Å². The van der Waals surface area contributed by atoms with Crippen LogP contribution in [-0.2, 0) is 6.54 Å². The van der Waals surface area contributed by atoms with Crippen LogP contribution in [0.2, 0.25) is 0 Å². The molecule has 0 spiro atoms. The summed E-state index contributed by atoms with van der Waals surface area (Å²) in [6.07, 6.45) is 3.53. The highest BCUT2D eigenvalue weighted by atomic mass is 79.9. The molecule has 2 nitrogen and oxygen atoms in total. The highest BCUT2D eigenvalue weighted by molar-refractivity contribution is 9.10. The molecule has 2 atom stereocenters. The summed E-state index contributed by atoms with van der Waals surface area (Å²) in [5.41, 5.74) is 1.34. The lowest BCUT2D eigenvalue weighted by Crippen LogP contribution is -2.62. The fourth-order valence-corrected chi connectivity index (χ4v) is 3.46. The Hall–Kier alpha value is -0.450. The Kier molecular flexibility index (Phi) is 5.81. The molecule has 0 aromatic heterocycles. The summed E-state index contributed by atoms with van der Waals surface area (Å²) in [4.78, 5) is 2.56. The average molecular weight is 357 g/mol. The maximum atomic E-state index is 13.4. The van der Waals surface area contributed by atoms with E-state index in [0.29, 0.717) is 10.5 Å². The second-order valence-corrected chi connectivity index (χ2v) is 7.20. The summed E-state index contributed by atoms with van der Waals surface area (Å²) in [6, 6.07) is 5.92. The standard InChI is InChI=1S/C17H26BrFN2/c1-4-6-14-11-21(17(3,5-2)12-20-14)10-13-7-8-16(19)15(18)9-13/h7-9,14,20H,4-6,10-12H2,1-3H3. The van der Waals surface area contributed by atoms with Gasteiger partial charge in [-0.05, 0) is 53.4 Å². The summed E-state index contributed by atoms with van der Waals surface area (Å²) < 4.78 is 13.9. The summed E-state index contributed by atoms with van der Waals surface area (Å²) in [7, 11) is 0. The molecule has 1 aliphatic heterocycles. The van der Waals surface area contributed by atoms with Crippen molar-refractivity contribution >= 4 is 15.9 Å². The maximum Gasteiger partial charge on any atom is 0.137 e. The predicted octanol–water partition coefficient (Wildman–Crippen LogP) is 4.33. The molecule has 1 aliphatic rings. The third kappa shape index (κ3) is 4.05. The Bertz CT molecular complexity index is 480. The molecule has 2 unspecified atom stereocenters. The fourth-order valence-electron chi connectivity index (χ4n) is 3.03. The van der Waals surface area contributed by atoms with E-state index >= 15 is 0 Å². The van der Waals surface area contributed by atoms with Gasteiger partial charge in [-0.25, -0.2) is 4.39 Å². The first kappa shape index (κ1) is 16.9. The highest BCUT2D eigenvalue weighted by Gasteiger charge is 2.35. The molecule has 1 heterocycles. The highest BCUT2D eigenvalue weighted by Crippen LogP contribution is 2.27. The first-order chi connectivity index (χ1) is 9.98. The van der Waals surface area contributed by atoms with E-state index in [1.807, 2.05) is 12.1 Å². The van der Waals surface area contributed by atoms with Crippen LogP contribution in [0.3, 0.4) is 0 Å². The second kappa shape index (κ2) is 7.21. The monoisotopic (exact) mass is 356 g/mol. The van der Waals surface area contributed by atoms with Crippen LogP contribution in [0.1, 0.15) is 45.6 Å². The molecular formula is C17H26BrFN2. The molecule has 0 radical (unpaired) electrons. The van der Waals surface area contributed by atoms with Crippen LogP contribution in [0, 0.1) is 5.82 Å². The molecule has 0 amide bonds. The number of nitrogens with zero attached hydrogens (tertiary/aromatic N) is 1. The van der Waals surface area contributed by atoms with Crippen molar-refractivity contribution in [2.75, 3.05) is 13.1 Å². The van der Waals surface area contributed by atoms with Crippen molar-refractivity contribution in [1.29, 1.82) is 0 Å². The van der Waals surface area contributed by atoms with Crippen LogP contribution in [0.25, 0.3) is 0 Å². The molecule has 21 heavy (non-hydrogen) atoms. The average Bonchev–Trinajstić information content (AvgIpc) is 2.47. The molecule has 0 aliphatic carbocycles. The zero-order chi connectivity index (χ0) is 15.5. The van der Waals surface area contributed by atoms with Crippen LogP contribution in [0.4, 0.5) is 4.39 Å². The van der Waals surface area contributed by atoms with Crippen molar-refractivity contribution in [3.63, 3.8) is 0 Å². The third-order valence-electron chi connectivity index (χ3n) is 4.73. The van der Waals surface area contributed by atoms with E-state index in [2.05, 4.69) is 46.9 Å². The molecule has 1 fully saturated rings. The Labute approximate surface area is 136 Å². The number of rotatable bonds is 5. The quantitative estimate of drug-likeness (QED) is 0.844. The zero-order valence-electron chi connectivity index (χ0n) is 13.3. The van der Waals surface area contributed by atoms with Crippen molar-refractivity contribution in [3.05, 3.63) is 34.1 Å². The predicted molar refractivity (Wildman–Crippen MR) is 89.9 cm³/mol. The molecular weight excluding hydrogens is 331 g/mol. The first-order valence-electron chi connectivity index (χ1n) is 7.91. The van der Waals surface area contributed by atoms with Gasteiger partial charge < -0.3 is 5.32 Å². The minimum absolute atomic E-state index is 0.172. The van der Waals surface area contributed by atoms with Crippen LogP contribution in [0.15, 0.2) is 22.7 Å². The van der Waals surface area contributed by atoms with Gasteiger partial charge in [0.25, 0.3) is 0 Å². The van der Waals surface area contributed by atoms with E-state index in [1.54, 1.807) is 6.07 Å². The molecule has 1 aromatic carbocycles. The molecule has 1 N–H and O–H groups in total. The van der Waals surface area contributed by atoms with Gasteiger partial charge in [0.15, 0.2) is 0 Å². The molecule has 0 bridgehead atoms. The van der Waals surface area contributed by atoms with Gasteiger partial charge in [-0.3, -0.25) is 4.90 Å². The maximum absolute atomic E-state index is 13.4. The number of hydrogen-bond donors (Lipinski definition) is 1. The van der Waals surface area contributed by atoms with Crippen molar-refractivity contribution in [2.45, 2.75) is 58.2 Å². The van der Waals surface area contributed by atoms with Gasteiger partial charge in [-0.1, -0.05) is 26.3 Å². The van der Waals surface area contributed by atoms with Gasteiger partial charge in [0.1, 0.15) is 5.82 Å². The number of nitrogens with one attached hydrogen (secondary N) is 1. The minimum Gasteiger partial charge on any atom is -0.311 e. The summed E-state index contributed by atoms with van der Waals surface area (Å²) >= 11 is 3.29. The lowest BCUT2D eigenvalue weighted by atomic mass is 9.90. The Balaban J connectivity index is 2.13. The normalized spacial score (nSPS) is 27.0. The third-order valence-corrected chi connectivity index (χ3v) is 5.34. The minimum atomic E-state index is -0.193. The number of benzene rings is 1. The Morgan fingerprint density at radius 1 is 1.43 bits per heavy atom. The number of hydrogen-bond acceptors (Lipinski definition) is 2. The van der Waals surface area contributed by atoms with E-state index in [1.165, 1.54) is 18.4 Å². The molecule has 118 valence electrons. The van der Waals surface area contributed by atoms with E-state index in [4.69, 9.17) is 0 Å². The van der Waals surface area contributed by atoms with Gasteiger partial charge in [0.2, 0.25) is 0 Å². The van der Waals surface area contributed by atoms with Crippen LogP contribution < -0.4 is 5.32 Å². The molecule has 2 rings (SSSR count). The lowest BCUT2D eigenvalue weighted by molar-refractivity contribution is 0.0396. The topological polar surface area (TPSA) is 15.3 Å². The SMILES string of the molecule is CCCC1CN(Cc2ccc(F)c(Br)c2)C(C)(CC)CN1. The smallest absolute Gasteiger partial charge is 0.137 e. The second-order valence-electron chi connectivity index (χ2n) is 6.35. The molecule has 4 heteroatoms. The molecule has 1 aromatic rings. The van der Waals surface area contributed by atoms with Gasteiger partial charge in [0, 0.05) is 31.2 Å². The fraction of sp³-hybridized carbons (Fsp3) is 0.647. The van der Waals surface area contributed by atoms with Crippen molar-refractivity contribution in [3.8, 4) is 0 Å². The number of halogens is 2. The summed E-state index contributed by atoms with van der Waals surface area (Å²) in [5.74, 6) is -0.193. The van der Waals surface area contributed by atoms with Gasteiger partial charge in [-0.2, -0.15) is 0 Å². The van der Waals surface area contributed by atoms with Crippen molar-refractivity contribution in [2.24, 2.45) is 0 Å². The number of piperazine rings is 1. The Morgan fingerprint density at radius 3 is 2.81 bits per heavy atom. The summed E-state index contributed by atoms with van der Waals surface area (Å²) in [5, 5.41) is 3.69. The largest absolute Gasteiger partial charge is 0.311 e. The van der Waals surface area contributed by atoms with E-state index in [-0.39, 0.29) is 11.4 Å². The van der Waals surface area contributed by atoms with E-state index in [9.17, 15) is 4.39 Å². The van der Waals surface area contributed by atoms with Crippen LogP contribution in [-0.4, -0.2) is 29.6 Å². The van der Waals surface area contributed by atoms with Crippen molar-refractivity contribution < 1.29 is 4.39 Å². The van der Waals surface area contributed by atoms with Crippen molar-refractivity contribution in [1.82, 2.24) is 10.2 Å².